The number of thioether (sulfide) groups is 1. The molecule has 1 rings (SSSR count). The van der Waals surface area contributed by atoms with E-state index in [1.165, 1.54) is 0 Å². The first kappa shape index (κ1) is 18.5. The molecule has 0 radical (unpaired) electrons. The molecule has 1 aromatic rings. The molecule has 21 heavy (non-hydrogen) atoms. The third-order valence-corrected chi connectivity index (χ3v) is 6.30. The summed E-state index contributed by atoms with van der Waals surface area (Å²) < 4.78 is 29.3. The van der Waals surface area contributed by atoms with Crippen LogP contribution in [0.5, 0.6) is 0 Å². The zero-order valence-corrected chi connectivity index (χ0v) is 15.1. The third-order valence-electron chi connectivity index (χ3n) is 3.40. The SMILES string of the molecule is CSC(C)(C)CNS(=O)(=O)c1c(C)nn(CCCN)c1C. The van der Waals surface area contributed by atoms with Gasteiger partial charge in [0.15, 0.2) is 0 Å². The highest BCUT2D eigenvalue weighted by Gasteiger charge is 2.27. The first-order chi connectivity index (χ1) is 9.64. The number of hydrogen-bond acceptors (Lipinski definition) is 5. The third kappa shape index (κ3) is 4.70. The molecule has 1 aromatic heterocycles. The molecule has 3 N–H and O–H groups in total. The van der Waals surface area contributed by atoms with Gasteiger partial charge in [0.1, 0.15) is 4.90 Å². The molecule has 0 atom stereocenters. The van der Waals surface area contributed by atoms with Crippen LogP contribution in [0, 0.1) is 13.8 Å². The summed E-state index contributed by atoms with van der Waals surface area (Å²) in [5, 5.41) is 4.32. The van der Waals surface area contributed by atoms with Crippen molar-refractivity contribution in [3.05, 3.63) is 11.4 Å². The highest BCUT2D eigenvalue weighted by molar-refractivity contribution is 8.00. The molecule has 0 aromatic carbocycles. The minimum absolute atomic E-state index is 0.148. The second-order valence-corrected chi connectivity index (χ2v) is 8.87. The molecule has 0 spiro atoms. The van der Waals surface area contributed by atoms with Gasteiger partial charge in [-0.25, -0.2) is 13.1 Å². The van der Waals surface area contributed by atoms with Crippen molar-refractivity contribution in [2.24, 2.45) is 5.73 Å². The van der Waals surface area contributed by atoms with Crippen LogP contribution in [-0.4, -0.2) is 42.3 Å². The van der Waals surface area contributed by atoms with Crippen molar-refractivity contribution >= 4 is 21.8 Å². The monoisotopic (exact) mass is 334 g/mol. The van der Waals surface area contributed by atoms with Crippen molar-refractivity contribution in [2.45, 2.75) is 50.3 Å². The number of aromatic nitrogens is 2. The summed E-state index contributed by atoms with van der Waals surface area (Å²) in [5.41, 5.74) is 6.68. The summed E-state index contributed by atoms with van der Waals surface area (Å²) in [6.45, 7) is 9.08. The summed E-state index contributed by atoms with van der Waals surface area (Å²) in [6, 6.07) is 0. The molecule has 122 valence electrons. The van der Waals surface area contributed by atoms with Crippen LogP contribution in [0.25, 0.3) is 0 Å². The topological polar surface area (TPSA) is 90.0 Å². The smallest absolute Gasteiger partial charge is 0.244 e. The van der Waals surface area contributed by atoms with Gasteiger partial charge in [0.05, 0.1) is 11.4 Å². The zero-order valence-electron chi connectivity index (χ0n) is 13.4. The van der Waals surface area contributed by atoms with Gasteiger partial charge < -0.3 is 5.73 Å². The number of nitrogens with two attached hydrogens (primary N) is 1. The maximum Gasteiger partial charge on any atom is 0.244 e. The van der Waals surface area contributed by atoms with Crippen molar-refractivity contribution in [3.63, 3.8) is 0 Å². The van der Waals surface area contributed by atoms with Crippen LogP contribution in [0.15, 0.2) is 4.90 Å². The van der Waals surface area contributed by atoms with Gasteiger partial charge in [-0.1, -0.05) is 0 Å². The number of nitrogens with one attached hydrogen (secondary N) is 1. The van der Waals surface area contributed by atoms with Gasteiger partial charge in [-0.2, -0.15) is 16.9 Å². The van der Waals surface area contributed by atoms with E-state index in [2.05, 4.69) is 9.82 Å². The average Bonchev–Trinajstić information content (AvgIpc) is 2.69. The molecule has 0 aliphatic carbocycles. The first-order valence-corrected chi connectivity index (χ1v) is 9.64. The van der Waals surface area contributed by atoms with Crippen LogP contribution in [0.3, 0.4) is 0 Å². The van der Waals surface area contributed by atoms with Gasteiger partial charge in [0.25, 0.3) is 0 Å². The Labute approximate surface area is 131 Å². The highest BCUT2D eigenvalue weighted by atomic mass is 32.2. The minimum Gasteiger partial charge on any atom is -0.330 e. The molecule has 0 aliphatic rings. The fourth-order valence-corrected chi connectivity index (χ4v) is 3.87. The van der Waals surface area contributed by atoms with E-state index < -0.39 is 10.0 Å². The van der Waals surface area contributed by atoms with Gasteiger partial charge >= 0.3 is 0 Å². The maximum atomic E-state index is 12.5. The Hall–Kier alpha value is -0.570. The Balaban J connectivity index is 3.01. The molecule has 0 saturated heterocycles. The quantitative estimate of drug-likeness (QED) is 0.747. The lowest BCUT2D eigenvalue weighted by atomic mass is 10.2. The molecular formula is C13H26N4O2S2. The van der Waals surface area contributed by atoms with E-state index in [1.54, 1.807) is 30.3 Å². The second-order valence-electron chi connectivity index (χ2n) is 5.65. The molecule has 6 nitrogen and oxygen atoms in total. The van der Waals surface area contributed by atoms with E-state index >= 15 is 0 Å². The number of nitrogens with zero attached hydrogens (tertiary/aromatic N) is 2. The van der Waals surface area contributed by atoms with Crippen LogP contribution in [0.4, 0.5) is 0 Å². The number of sulfonamides is 1. The van der Waals surface area contributed by atoms with E-state index in [0.717, 1.165) is 6.42 Å². The van der Waals surface area contributed by atoms with E-state index in [1.807, 2.05) is 20.1 Å². The van der Waals surface area contributed by atoms with Gasteiger partial charge in [-0.3, -0.25) is 4.68 Å². The molecule has 1 heterocycles. The lowest BCUT2D eigenvalue weighted by molar-refractivity contribution is 0.560. The van der Waals surface area contributed by atoms with Gasteiger partial charge in [0.2, 0.25) is 10.0 Å². The Kier molecular flexibility index (Phi) is 6.27. The molecule has 0 bridgehead atoms. The number of rotatable bonds is 8. The van der Waals surface area contributed by atoms with Crippen molar-refractivity contribution in [2.75, 3.05) is 19.3 Å². The second kappa shape index (κ2) is 7.13. The summed E-state index contributed by atoms with van der Waals surface area (Å²) in [7, 11) is -3.55. The predicted octanol–water partition coefficient (Wildman–Crippen LogP) is 1.27. The zero-order chi connectivity index (χ0) is 16.3. The van der Waals surface area contributed by atoms with Crippen molar-refractivity contribution in [1.29, 1.82) is 0 Å². The lowest BCUT2D eigenvalue weighted by Crippen LogP contribution is -2.36. The summed E-state index contributed by atoms with van der Waals surface area (Å²) >= 11 is 1.63. The Morgan fingerprint density at radius 2 is 2.00 bits per heavy atom. The van der Waals surface area contributed by atoms with Crippen LogP contribution in [0.1, 0.15) is 31.7 Å². The van der Waals surface area contributed by atoms with Gasteiger partial charge in [-0.15, -0.1) is 0 Å². The molecule has 0 unspecified atom stereocenters. The van der Waals surface area contributed by atoms with E-state index in [9.17, 15) is 8.42 Å². The molecule has 0 aliphatic heterocycles. The van der Waals surface area contributed by atoms with E-state index in [0.29, 0.717) is 31.0 Å². The molecular weight excluding hydrogens is 308 g/mol. The van der Waals surface area contributed by atoms with Crippen LogP contribution >= 0.6 is 11.8 Å². The van der Waals surface area contributed by atoms with E-state index in [4.69, 9.17) is 5.73 Å². The lowest BCUT2D eigenvalue weighted by Gasteiger charge is -2.22. The summed E-state index contributed by atoms with van der Waals surface area (Å²) in [4.78, 5) is 0.288. The Bertz CT molecular complexity index is 579. The van der Waals surface area contributed by atoms with Crippen molar-refractivity contribution in [1.82, 2.24) is 14.5 Å². The predicted molar refractivity (Wildman–Crippen MR) is 88.2 cm³/mol. The van der Waals surface area contributed by atoms with Crippen LogP contribution in [-0.2, 0) is 16.6 Å². The van der Waals surface area contributed by atoms with Crippen molar-refractivity contribution < 1.29 is 8.42 Å². The average molecular weight is 335 g/mol. The number of aryl methyl sites for hydroxylation is 2. The maximum absolute atomic E-state index is 12.5. The Morgan fingerprint density at radius 3 is 2.52 bits per heavy atom. The fraction of sp³-hybridized carbons (Fsp3) is 0.769. The first-order valence-electron chi connectivity index (χ1n) is 6.93. The standard InChI is InChI=1S/C13H26N4O2S2/c1-10-12(11(2)17(16-10)8-6-7-14)21(18,19)15-9-13(3,4)20-5/h15H,6-9,14H2,1-5H3. The van der Waals surface area contributed by atoms with Crippen molar-refractivity contribution in [3.8, 4) is 0 Å². The molecule has 8 heteroatoms. The fourth-order valence-electron chi connectivity index (χ4n) is 1.94. The van der Waals surface area contributed by atoms with Crippen LogP contribution in [0.2, 0.25) is 0 Å². The molecule has 0 saturated carbocycles. The largest absolute Gasteiger partial charge is 0.330 e. The Morgan fingerprint density at radius 1 is 1.38 bits per heavy atom. The van der Waals surface area contributed by atoms with Gasteiger partial charge in [0, 0.05) is 17.8 Å². The normalized spacial score (nSPS) is 12.9. The minimum atomic E-state index is -3.55. The van der Waals surface area contributed by atoms with Crippen LogP contribution < -0.4 is 10.5 Å². The molecule has 0 amide bonds. The summed E-state index contributed by atoms with van der Waals surface area (Å²) in [5.74, 6) is 0. The molecule has 0 fully saturated rings. The summed E-state index contributed by atoms with van der Waals surface area (Å²) in [6.07, 6.45) is 2.74. The highest BCUT2D eigenvalue weighted by Crippen LogP contribution is 2.23. The van der Waals surface area contributed by atoms with E-state index in [-0.39, 0.29) is 9.64 Å². The number of hydrogen-bond donors (Lipinski definition) is 2. The van der Waals surface area contributed by atoms with Gasteiger partial charge in [-0.05, 0) is 46.9 Å².